The maximum absolute atomic E-state index is 13.7. The molecule has 64 heavy (non-hydrogen) atoms. The Balaban J connectivity index is 0.767. The van der Waals surface area contributed by atoms with Gasteiger partial charge in [0.05, 0.1) is 11.1 Å². The van der Waals surface area contributed by atoms with E-state index in [9.17, 15) is 29.4 Å². The number of fused-ring (bicyclic) bond motifs is 10. The van der Waals surface area contributed by atoms with Gasteiger partial charge in [0, 0.05) is 25.2 Å². The molecule has 354 valence electrons. The van der Waals surface area contributed by atoms with Gasteiger partial charge in [-0.1, -0.05) is 41.5 Å². The van der Waals surface area contributed by atoms with Crippen molar-refractivity contribution in [2.75, 3.05) is 0 Å². The SMILES string of the molecule is C[C@H](CCC(=O)O)[C@H]1CC[C@H]2[C@@H]3CC[C@@H]4C[C@H](OC(=O)c5cncc(C(=O)O[C@@H]6CC[C@@]7(C)[C@H](CC[C@@H]8[C@@H]7CC[C@]7(C)[C@@H]([C@H](C)CCC(=O)O)CC[C@@H]87)C6)c5)CC[C@]4(C)[C@H]3CC[C@]12C. The average Bonchev–Trinajstić information content (AvgIpc) is 3.82. The topological polar surface area (TPSA) is 140 Å². The molecule has 9 nitrogen and oxygen atoms in total. The van der Waals surface area contributed by atoms with Crippen LogP contribution in [0.5, 0.6) is 0 Å². The van der Waals surface area contributed by atoms with Gasteiger partial charge in [-0.05, 0) is 227 Å². The smallest absolute Gasteiger partial charge is 0.340 e. The number of hydrogen-bond acceptors (Lipinski definition) is 7. The Morgan fingerprint density at radius 1 is 0.562 bits per heavy atom. The zero-order valence-electron chi connectivity index (χ0n) is 40.2. The molecule has 9 rings (SSSR count). The Labute approximate surface area is 383 Å². The fourth-order valence-corrected chi connectivity index (χ4v) is 18.8. The normalized spacial score (nSPS) is 44.3. The molecule has 8 saturated carbocycles. The van der Waals surface area contributed by atoms with Crippen molar-refractivity contribution in [1.29, 1.82) is 0 Å². The van der Waals surface area contributed by atoms with E-state index in [4.69, 9.17) is 9.47 Å². The molecule has 0 saturated heterocycles. The Hall–Kier alpha value is -2.97. The lowest BCUT2D eigenvalue weighted by Crippen LogP contribution is -2.54. The van der Waals surface area contributed by atoms with E-state index in [-0.39, 0.29) is 35.9 Å². The van der Waals surface area contributed by atoms with Crippen LogP contribution in [0.15, 0.2) is 18.5 Å². The summed E-state index contributed by atoms with van der Waals surface area (Å²) in [5.74, 6) is 5.37. The van der Waals surface area contributed by atoms with Gasteiger partial charge in [-0.3, -0.25) is 14.6 Å². The number of carbonyl (C=O) groups excluding carboxylic acids is 2. The van der Waals surface area contributed by atoms with Crippen molar-refractivity contribution in [3.05, 3.63) is 29.6 Å². The molecule has 0 bridgehead atoms. The highest BCUT2D eigenvalue weighted by atomic mass is 16.5. The summed E-state index contributed by atoms with van der Waals surface area (Å²) in [7, 11) is 0. The summed E-state index contributed by atoms with van der Waals surface area (Å²) in [6.07, 6.45) is 25.5. The van der Waals surface area contributed by atoms with E-state index in [1.165, 1.54) is 89.4 Å². The van der Waals surface area contributed by atoms with Gasteiger partial charge in [-0.15, -0.1) is 0 Å². The highest BCUT2D eigenvalue weighted by molar-refractivity contribution is 5.94. The minimum Gasteiger partial charge on any atom is -0.481 e. The van der Waals surface area contributed by atoms with Crippen molar-refractivity contribution in [3.8, 4) is 0 Å². The molecule has 0 amide bonds. The van der Waals surface area contributed by atoms with Crippen LogP contribution in [0.2, 0.25) is 0 Å². The maximum atomic E-state index is 13.7. The minimum absolute atomic E-state index is 0.135. The molecular formula is C55H81NO8. The number of aliphatic carboxylic acids is 2. The lowest BCUT2D eigenvalue weighted by molar-refractivity contribution is -0.139. The number of aromatic nitrogens is 1. The molecule has 0 aliphatic heterocycles. The van der Waals surface area contributed by atoms with Crippen LogP contribution in [0.25, 0.3) is 0 Å². The van der Waals surface area contributed by atoms with Gasteiger partial charge in [0.25, 0.3) is 0 Å². The van der Waals surface area contributed by atoms with Gasteiger partial charge >= 0.3 is 23.9 Å². The van der Waals surface area contributed by atoms with E-state index < -0.39 is 23.9 Å². The van der Waals surface area contributed by atoms with Crippen molar-refractivity contribution in [1.82, 2.24) is 4.98 Å². The van der Waals surface area contributed by atoms with Crippen LogP contribution in [-0.4, -0.2) is 51.3 Å². The van der Waals surface area contributed by atoms with Crippen molar-refractivity contribution in [3.63, 3.8) is 0 Å². The summed E-state index contributed by atoms with van der Waals surface area (Å²) in [6, 6.07) is 1.63. The second kappa shape index (κ2) is 17.6. The van der Waals surface area contributed by atoms with Gasteiger partial charge < -0.3 is 19.7 Å². The summed E-state index contributed by atoms with van der Waals surface area (Å²) < 4.78 is 12.5. The standard InChI is InChI=1S/C55H81NO8/c1-32(7-17-48(57)58)42-13-15-44-40-11-9-36-28-38(19-23-52(36,3)46(40)21-25-54(42,44)5)63-50(61)34-27-35(31-56-30-34)51(62)64-39-20-24-53(4)37(29-39)10-12-41-45-16-14-43(33(2)8-18-49(59)60)55(45,6)26-22-47(41)53/h27,30-33,36-47H,7-26,28-29H2,1-6H3,(H,57,58)(H,59,60)/t32-,33-,36-,37-,38-,39-,40+,41+,42-,43-,44+,45+,46+,47+,52+,53+,54-,55-/m1/s1. The maximum Gasteiger partial charge on any atom is 0.340 e. The van der Waals surface area contributed by atoms with Gasteiger partial charge in [0.2, 0.25) is 0 Å². The van der Waals surface area contributed by atoms with E-state index >= 15 is 0 Å². The summed E-state index contributed by atoms with van der Waals surface area (Å²) in [4.78, 5) is 54.5. The monoisotopic (exact) mass is 884 g/mol. The Kier molecular flexibility index (Phi) is 12.7. The third-order valence-corrected chi connectivity index (χ3v) is 22.1. The average molecular weight is 884 g/mol. The Morgan fingerprint density at radius 2 is 0.953 bits per heavy atom. The molecule has 0 unspecified atom stereocenters. The summed E-state index contributed by atoms with van der Waals surface area (Å²) in [5, 5.41) is 18.7. The second-order valence-electron chi connectivity index (χ2n) is 24.7. The molecule has 0 spiro atoms. The largest absolute Gasteiger partial charge is 0.481 e. The van der Waals surface area contributed by atoms with E-state index in [1.54, 1.807) is 6.07 Å². The minimum atomic E-state index is -0.678. The number of nitrogens with zero attached hydrogens (tertiary/aromatic N) is 1. The van der Waals surface area contributed by atoms with Crippen molar-refractivity contribution < 1.29 is 38.9 Å². The van der Waals surface area contributed by atoms with Gasteiger partial charge in [0.1, 0.15) is 12.2 Å². The summed E-state index contributed by atoms with van der Waals surface area (Å²) >= 11 is 0. The number of ether oxygens (including phenoxy) is 2. The third-order valence-electron chi connectivity index (χ3n) is 22.1. The van der Waals surface area contributed by atoms with Crippen molar-refractivity contribution in [2.24, 2.45) is 92.7 Å². The van der Waals surface area contributed by atoms with Crippen molar-refractivity contribution >= 4 is 23.9 Å². The van der Waals surface area contributed by atoms with Gasteiger partial charge in [-0.2, -0.15) is 0 Å². The van der Waals surface area contributed by atoms with Gasteiger partial charge in [0.15, 0.2) is 0 Å². The van der Waals surface area contributed by atoms with Crippen LogP contribution in [0.4, 0.5) is 0 Å². The first kappa shape index (κ1) is 46.2. The predicted molar refractivity (Wildman–Crippen MR) is 245 cm³/mol. The number of carboxylic acid groups (broad SMARTS) is 2. The van der Waals surface area contributed by atoms with Crippen LogP contribution in [0, 0.1) is 92.7 Å². The second-order valence-corrected chi connectivity index (χ2v) is 24.7. The Bertz CT molecular complexity index is 1800. The molecule has 0 aromatic carbocycles. The van der Waals surface area contributed by atoms with Crippen molar-refractivity contribution in [2.45, 2.75) is 195 Å². The van der Waals surface area contributed by atoms with E-state index in [2.05, 4.69) is 46.5 Å². The summed E-state index contributed by atoms with van der Waals surface area (Å²) in [5.41, 5.74) is 1.76. The highest BCUT2D eigenvalue weighted by Crippen LogP contribution is 2.70. The van der Waals surface area contributed by atoms with Crippen LogP contribution >= 0.6 is 0 Å². The molecule has 2 N–H and O–H groups in total. The highest BCUT2D eigenvalue weighted by Gasteiger charge is 2.62. The summed E-state index contributed by atoms with van der Waals surface area (Å²) in [6.45, 7) is 14.8. The number of rotatable bonds is 12. The third kappa shape index (κ3) is 8.06. The predicted octanol–water partition coefficient (Wildman–Crippen LogP) is 12.5. The van der Waals surface area contributed by atoms with Crippen LogP contribution in [-0.2, 0) is 19.1 Å². The number of esters is 2. The van der Waals surface area contributed by atoms with E-state index in [0.29, 0.717) is 69.3 Å². The lowest BCUT2D eigenvalue weighted by atomic mass is 9.44. The number of carbonyl (C=O) groups is 4. The molecule has 8 aliphatic rings. The molecule has 1 heterocycles. The van der Waals surface area contributed by atoms with E-state index in [0.717, 1.165) is 75.0 Å². The molecule has 8 aliphatic carbocycles. The van der Waals surface area contributed by atoms with Crippen LogP contribution in [0.3, 0.4) is 0 Å². The zero-order valence-corrected chi connectivity index (χ0v) is 40.2. The molecular weight excluding hydrogens is 803 g/mol. The van der Waals surface area contributed by atoms with Crippen LogP contribution < -0.4 is 0 Å². The first-order valence-corrected chi connectivity index (χ1v) is 26.2. The zero-order chi connectivity index (χ0) is 45.3. The Morgan fingerprint density at radius 3 is 1.36 bits per heavy atom. The van der Waals surface area contributed by atoms with Gasteiger partial charge in [-0.25, -0.2) is 9.59 Å². The number of pyridine rings is 1. The fraction of sp³-hybridized carbons (Fsp3) is 0.836. The van der Waals surface area contributed by atoms with Crippen LogP contribution in [0.1, 0.15) is 204 Å². The lowest BCUT2D eigenvalue weighted by Gasteiger charge is -2.61. The molecule has 18 atom stereocenters. The first-order valence-electron chi connectivity index (χ1n) is 26.2. The van der Waals surface area contributed by atoms with E-state index in [1.807, 2.05) is 0 Å². The molecule has 8 fully saturated rings. The number of carboxylic acids is 2. The number of hydrogen-bond donors (Lipinski definition) is 2. The molecule has 9 heteroatoms. The molecule has 1 aromatic heterocycles. The quantitative estimate of drug-likeness (QED) is 0.196. The molecule has 1 aromatic rings. The fourth-order valence-electron chi connectivity index (χ4n) is 18.8. The first-order chi connectivity index (χ1) is 30.4. The molecule has 0 radical (unpaired) electrons.